The van der Waals surface area contributed by atoms with Crippen molar-refractivity contribution < 1.29 is 19.5 Å². The van der Waals surface area contributed by atoms with Crippen LogP contribution in [0.15, 0.2) is 24.3 Å². The second kappa shape index (κ2) is 6.39. The molecule has 2 rings (SSSR count). The monoisotopic (exact) mass is 290 g/mol. The molecule has 1 aliphatic rings. The molecule has 0 bridgehead atoms. The Morgan fingerprint density at radius 1 is 1.24 bits per heavy atom. The van der Waals surface area contributed by atoms with E-state index in [4.69, 9.17) is 5.11 Å². The number of carboxylic acid groups (broad SMARTS) is 1. The van der Waals surface area contributed by atoms with Crippen molar-refractivity contribution in [1.82, 2.24) is 5.32 Å². The van der Waals surface area contributed by atoms with E-state index >= 15 is 0 Å². The second-order valence-corrected chi connectivity index (χ2v) is 5.27. The molecule has 0 radical (unpaired) electrons. The Morgan fingerprint density at radius 2 is 1.86 bits per heavy atom. The van der Waals surface area contributed by atoms with E-state index in [0.717, 1.165) is 12.8 Å². The topological polar surface area (TPSA) is 95.5 Å². The molecule has 1 atom stereocenters. The lowest BCUT2D eigenvalue weighted by Crippen LogP contribution is -2.38. The molecule has 1 aromatic carbocycles. The third-order valence-electron chi connectivity index (χ3n) is 3.37. The number of anilines is 1. The third kappa shape index (κ3) is 4.59. The van der Waals surface area contributed by atoms with Crippen LogP contribution < -0.4 is 10.6 Å². The molecule has 112 valence electrons. The molecular formula is C15H18N2O4. The zero-order valence-corrected chi connectivity index (χ0v) is 11.8. The SMILES string of the molecule is CC(=O)Nc1ccc(C(=O)NC(CC(=O)O)C2CC2)cc1. The predicted molar refractivity (Wildman–Crippen MR) is 77.0 cm³/mol. The van der Waals surface area contributed by atoms with Crippen molar-refractivity contribution >= 4 is 23.5 Å². The Bertz CT molecular complexity index is 549. The summed E-state index contributed by atoms with van der Waals surface area (Å²) in [5.74, 6) is -1.11. The lowest BCUT2D eigenvalue weighted by Gasteiger charge is -2.16. The number of hydrogen-bond donors (Lipinski definition) is 3. The first-order valence-electron chi connectivity index (χ1n) is 6.86. The van der Waals surface area contributed by atoms with E-state index in [0.29, 0.717) is 11.3 Å². The van der Waals surface area contributed by atoms with Gasteiger partial charge in [-0.1, -0.05) is 0 Å². The van der Waals surface area contributed by atoms with Crippen molar-refractivity contribution in [2.75, 3.05) is 5.32 Å². The Hall–Kier alpha value is -2.37. The molecule has 1 aromatic rings. The van der Waals surface area contributed by atoms with Crippen molar-refractivity contribution in [3.8, 4) is 0 Å². The lowest BCUT2D eigenvalue weighted by molar-refractivity contribution is -0.137. The molecule has 1 saturated carbocycles. The molecule has 0 aromatic heterocycles. The van der Waals surface area contributed by atoms with Gasteiger partial charge in [-0.15, -0.1) is 0 Å². The molecule has 6 nitrogen and oxygen atoms in total. The van der Waals surface area contributed by atoms with E-state index in [1.54, 1.807) is 24.3 Å². The van der Waals surface area contributed by atoms with E-state index in [1.807, 2.05) is 0 Å². The quantitative estimate of drug-likeness (QED) is 0.742. The summed E-state index contributed by atoms with van der Waals surface area (Å²) < 4.78 is 0. The van der Waals surface area contributed by atoms with E-state index < -0.39 is 5.97 Å². The summed E-state index contributed by atoms with van der Waals surface area (Å²) in [6.07, 6.45) is 1.86. The number of carboxylic acids is 1. The summed E-state index contributed by atoms with van der Waals surface area (Å²) >= 11 is 0. The van der Waals surface area contributed by atoms with Crippen molar-refractivity contribution in [2.45, 2.75) is 32.2 Å². The first kappa shape index (κ1) is 15.0. The number of hydrogen-bond acceptors (Lipinski definition) is 3. The predicted octanol–water partition coefficient (Wildman–Crippen LogP) is 1.63. The highest BCUT2D eigenvalue weighted by atomic mass is 16.4. The fourth-order valence-corrected chi connectivity index (χ4v) is 2.18. The summed E-state index contributed by atoms with van der Waals surface area (Å²) in [4.78, 5) is 33.8. The number of rotatable bonds is 6. The molecule has 0 heterocycles. The van der Waals surface area contributed by atoms with Crippen LogP contribution in [0.1, 0.15) is 36.5 Å². The van der Waals surface area contributed by atoms with Gasteiger partial charge in [0.05, 0.1) is 6.42 Å². The van der Waals surface area contributed by atoms with Crippen LogP contribution >= 0.6 is 0 Å². The highest BCUT2D eigenvalue weighted by Crippen LogP contribution is 2.34. The van der Waals surface area contributed by atoms with Gasteiger partial charge in [-0.05, 0) is 43.0 Å². The summed E-state index contributed by atoms with van der Waals surface area (Å²) in [5, 5.41) is 14.3. The number of carbonyl (C=O) groups excluding carboxylic acids is 2. The number of carbonyl (C=O) groups is 3. The summed E-state index contributed by atoms with van der Waals surface area (Å²) in [7, 11) is 0. The average Bonchev–Trinajstić information content (AvgIpc) is 3.21. The molecule has 0 spiro atoms. The van der Waals surface area contributed by atoms with Crippen molar-refractivity contribution in [3.05, 3.63) is 29.8 Å². The van der Waals surface area contributed by atoms with Gasteiger partial charge in [0.15, 0.2) is 0 Å². The molecule has 6 heteroatoms. The maximum atomic E-state index is 12.1. The Balaban J connectivity index is 1.98. The summed E-state index contributed by atoms with van der Waals surface area (Å²) in [6, 6.07) is 6.17. The number of nitrogens with one attached hydrogen (secondary N) is 2. The zero-order chi connectivity index (χ0) is 15.4. The lowest BCUT2D eigenvalue weighted by atomic mass is 10.1. The first-order valence-corrected chi connectivity index (χ1v) is 6.86. The number of aliphatic carboxylic acids is 1. The summed E-state index contributed by atoms with van der Waals surface area (Å²) in [6.45, 7) is 1.41. The normalized spacial score (nSPS) is 15.1. The van der Waals surface area contributed by atoms with Crippen molar-refractivity contribution in [2.24, 2.45) is 5.92 Å². The minimum atomic E-state index is -0.909. The van der Waals surface area contributed by atoms with Crippen LogP contribution in [0, 0.1) is 5.92 Å². The second-order valence-electron chi connectivity index (χ2n) is 5.27. The van der Waals surface area contributed by atoms with Crippen LogP contribution in [-0.4, -0.2) is 28.9 Å². The first-order chi connectivity index (χ1) is 9.95. The molecule has 0 saturated heterocycles. The van der Waals surface area contributed by atoms with E-state index in [2.05, 4.69) is 10.6 Å². The largest absolute Gasteiger partial charge is 0.481 e. The fourth-order valence-electron chi connectivity index (χ4n) is 2.18. The minimum absolute atomic E-state index is 0.0552. The van der Waals surface area contributed by atoms with Gasteiger partial charge in [0.1, 0.15) is 0 Å². The maximum absolute atomic E-state index is 12.1. The molecule has 3 N–H and O–H groups in total. The fraction of sp³-hybridized carbons (Fsp3) is 0.400. The maximum Gasteiger partial charge on any atom is 0.305 e. The van der Waals surface area contributed by atoms with E-state index in [9.17, 15) is 14.4 Å². The molecule has 1 aliphatic carbocycles. The smallest absolute Gasteiger partial charge is 0.305 e. The highest BCUT2D eigenvalue weighted by Gasteiger charge is 2.33. The molecule has 21 heavy (non-hydrogen) atoms. The third-order valence-corrected chi connectivity index (χ3v) is 3.37. The van der Waals surface area contributed by atoms with Crippen LogP contribution in [0.25, 0.3) is 0 Å². The average molecular weight is 290 g/mol. The number of amides is 2. The molecular weight excluding hydrogens is 272 g/mol. The molecule has 1 fully saturated rings. The van der Waals surface area contributed by atoms with Crippen LogP contribution in [-0.2, 0) is 9.59 Å². The van der Waals surface area contributed by atoms with Gasteiger partial charge in [0.2, 0.25) is 5.91 Å². The standard InChI is InChI=1S/C15H18N2O4/c1-9(18)16-12-6-4-11(5-7-12)15(21)17-13(8-14(19)20)10-2-3-10/h4-7,10,13H,2-3,8H2,1H3,(H,16,18)(H,17,21)(H,19,20). The van der Waals surface area contributed by atoms with Gasteiger partial charge in [-0.2, -0.15) is 0 Å². The van der Waals surface area contributed by atoms with Gasteiger partial charge in [0, 0.05) is 24.2 Å². The van der Waals surface area contributed by atoms with Gasteiger partial charge in [0.25, 0.3) is 5.91 Å². The van der Waals surface area contributed by atoms with Crippen molar-refractivity contribution in [3.63, 3.8) is 0 Å². The molecule has 2 amide bonds. The van der Waals surface area contributed by atoms with Crippen LogP contribution in [0.2, 0.25) is 0 Å². The minimum Gasteiger partial charge on any atom is -0.481 e. The number of benzene rings is 1. The zero-order valence-electron chi connectivity index (χ0n) is 11.8. The van der Waals surface area contributed by atoms with Crippen LogP contribution in [0.5, 0.6) is 0 Å². The van der Waals surface area contributed by atoms with Crippen LogP contribution in [0.4, 0.5) is 5.69 Å². The highest BCUT2D eigenvalue weighted by molar-refractivity contribution is 5.95. The van der Waals surface area contributed by atoms with Crippen LogP contribution in [0.3, 0.4) is 0 Å². The molecule has 0 aliphatic heterocycles. The Morgan fingerprint density at radius 3 is 2.33 bits per heavy atom. The van der Waals surface area contributed by atoms with E-state index in [1.165, 1.54) is 6.92 Å². The van der Waals surface area contributed by atoms with Gasteiger partial charge in [-0.25, -0.2) is 0 Å². The van der Waals surface area contributed by atoms with E-state index in [-0.39, 0.29) is 30.2 Å². The van der Waals surface area contributed by atoms with Gasteiger partial charge in [-0.3, -0.25) is 14.4 Å². The Kier molecular flexibility index (Phi) is 4.57. The van der Waals surface area contributed by atoms with Crippen molar-refractivity contribution in [1.29, 1.82) is 0 Å². The van der Waals surface area contributed by atoms with Gasteiger partial charge >= 0.3 is 5.97 Å². The Labute approximate surface area is 122 Å². The van der Waals surface area contributed by atoms with Gasteiger partial charge < -0.3 is 15.7 Å². The molecule has 1 unspecified atom stereocenters. The summed E-state index contributed by atoms with van der Waals surface area (Å²) in [5.41, 5.74) is 1.06.